The molecule has 0 amide bonds. The molecule has 2 atom stereocenters. The standard InChI is InChI=1S/C14H20FNO2/c1-10(16-14(2)6-7-18-9-14)11-4-5-13(17-3)12(15)8-11/h4-5,8,10,16H,6-7,9H2,1-3H3/t10-,14-/m0/s1. The first-order valence-corrected chi connectivity index (χ1v) is 6.23. The van der Waals surface area contributed by atoms with Gasteiger partial charge in [0.2, 0.25) is 0 Å². The molecule has 0 unspecified atom stereocenters. The zero-order chi connectivity index (χ0) is 13.2. The third-order valence-corrected chi connectivity index (χ3v) is 3.46. The first-order valence-electron chi connectivity index (χ1n) is 6.23. The Labute approximate surface area is 107 Å². The van der Waals surface area contributed by atoms with Gasteiger partial charge in [0.25, 0.3) is 0 Å². The largest absolute Gasteiger partial charge is 0.494 e. The molecule has 0 aliphatic carbocycles. The highest BCUT2D eigenvalue weighted by molar-refractivity contribution is 5.31. The Kier molecular flexibility index (Phi) is 3.88. The molecule has 1 aliphatic rings. The van der Waals surface area contributed by atoms with Crippen molar-refractivity contribution in [1.29, 1.82) is 0 Å². The predicted octanol–water partition coefficient (Wildman–Crippen LogP) is 2.66. The number of halogens is 1. The first-order chi connectivity index (χ1) is 8.54. The topological polar surface area (TPSA) is 30.5 Å². The summed E-state index contributed by atoms with van der Waals surface area (Å²) >= 11 is 0. The fourth-order valence-electron chi connectivity index (χ4n) is 2.34. The third kappa shape index (κ3) is 2.82. The predicted molar refractivity (Wildman–Crippen MR) is 68.3 cm³/mol. The van der Waals surface area contributed by atoms with Crippen molar-refractivity contribution in [3.8, 4) is 5.75 Å². The van der Waals surface area contributed by atoms with Gasteiger partial charge in [-0.25, -0.2) is 4.39 Å². The van der Waals surface area contributed by atoms with E-state index in [0.717, 1.165) is 18.6 Å². The van der Waals surface area contributed by atoms with E-state index in [4.69, 9.17) is 9.47 Å². The number of hydrogen-bond acceptors (Lipinski definition) is 3. The number of methoxy groups -OCH3 is 1. The highest BCUT2D eigenvalue weighted by Gasteiger charge is 2.31. The number of nitrogens with one attached hydrogen (secondary N) is 1. The van der Waals surface area contributed by atoms with E-state index in [2.05, 4.69) is 12.2 Å². The van der Waals surface area contributed by atoms with Crippen molar-refractivity contribution in [2.45, 2.75) is 31.8 Å². The van der Waals surface area contributed by atoms with Crippen LogP contribution >= 0.6 is 0 Å². The molecule has 1 aliphatic heterocycles. The lowest BCUT2D eigenvalue weighted by Crippen LogP contribution is -2.44. The van der Waals surface area contributed by atoms with Crippen LogP contribution in [-0.2, 0) is 4.74 Å². The van der Waals surface area contributed by atoms with E-state index < -0.39 is 0 Å². The summed E-state index contributed by atoms with van der Waals surface area (Å²) in [6.07, 6.45) is 0.982. The number of rotatable bonds is 4. The van der Waals surface area contributed by atoms with Crippen molar-refractivity contribution in [3.63, 3.8) is 0 Å². The normalized spacial score (nSPS) is 25.1. The zero-order valence-electron chi connectivity index (χ0n) is 11.1. The van der Waals surface area contributed by atoms with Gasteiger partial charge in [0.05, 0.1) is 13.7 Å². The van der Waals surface area contributed by atoms with Crippen molar-refractivity contribution in [1.82, 2.24) is 5.32 Å². The molecular formula is C14H20FNO2. The van der Waals surface area contributed by atoms with E-state index in [1.54, 1.807) is 6.07 Å². The van der Waals surface area contributed by atoms with Crippen LogP contribution in [0.2, 0.25) is 0 Å². The van der Waals surface area contributed by atoms with E-state index in [0.29, 0.717) is 6.61 Å². The zero-order valence-corrected chi connectivity index (χ0v) is 11.1. The maximum Gasteiger partial charge on any atom is 0.165 e. The summed E-state index contributed by atoms with van der Waals surface area (Å²) in [5, 5.41) is 3.50. The van der Waals surface area contributed by atoms with Crippen LogP contribution in [0.1, 0.15) is 31.9 Å². The quantitative estimate of drug-likeness (QED) is 0.895. The summed E-state index contributed by atoms with van der Waals surface area (Å²) in [6.45, 7) is 5.66. The number of benzene rings is 1. The van der Waals surface area contributed by atoms with Gasteiger partial charge < -0.3 is 14.8 Å². The van der Waals surface area contributed by atoms with Gasteiger partial charge in [-0.05, 0) is 38.0 Å². The summed E-state index contributed by atoms with van der Waals surface area (Å²) in [5.74, 6) is -0.0437. The fourth-order valence-corrected chi connectivity index (χ4v) is 2.34. The Balaban J connectivity index is 2.08. The molecule has 0 saturated carbocycles. The van der Waals surface area contributed by atoms with Gasteiger partial charge in [-0.15, -0.1) is 0 Å². The molecule has 0 radical (unpaired) electrons. The molecule has 0 spiro atoms. The lowest BCUT2D eigenvalue weighted by molar-refractivity contribution is 0.167. The molecule has 3 nitrogen and oxygen atoms in total. The van der Waals surface area contributed by atoms with Crippen LogP contribution in [0.4, 0.5) is 4.39 Å². The van der Waals surface area contributed by atoms with Crippen LogP contribution < -0.4 is 10.1 Å². The van der Waals surface area contributed by atoms with Crippen molar-refractivity contribution in [2.24, 2.45) is 0 Å². The minimum Gasteiger partial charge on any atom is -0.494 e. The molecule has 0 bridgehead atoms. The van der Waals surface area contributed by atoms with Crippen molar-refractivity contribution >= 4 is 0 Å². The van der Waals surface area contributed by atoms with Gasteiger partial charge >= 0.3 is 0 Å². The van der Waals surface area contributed by atoms with Crippen LogP contribution in [0.5, 0.6) is 5.75 Å². The SMILES string of the molecule is COc1ccc([C@H](C)N[C@@]2(C)CCOC2)cc1F. The van der Waals surface area contributed by atoms with E-state index >= 15 is 0 Å². The molecule has 18 heavy (non-hydrogen) atoms. The van der Waals surface area contributed by atoms with Crippen molar-refractivity contribution in [2.75, 3.05) is 20.3 Å². The summed E-state index contributed by atoms with van der Waals surface area (Å²) in [4.78, 5) is 0. The van der Waals surface area contributed by atoms with Gasteiger partial charge in [-0.1, -0.05) is 6.07 Å². The van der Waals surface area contributed by atoms with E-state index in [9.17, 15) is 4.39 Å². The highest BCUT2D eigenvalue weighted by atomic mass is 19.1. The molecule has 1 aromatic carbocycles. The molecule has 2 rings (SSSR count). The monoisotopic (exact) mass is 253 g/mol. The number of ether oxygens (including phenoxy) is 2. The van der Waals surface area contributed by atoms with Gasteiger partial charge in [-0.2, -0.15) is 0 Å². The molecule has 0 aromatic heterocycles. The van der Waals surface area contributed by atoms with Gasteiger partial charge in [0.15, 0.2) is 11.6 Å². The molecule has 1 heterocycles. The second-order valence-electron chi connectivity index (χ2n) is 5.12. The van der Waals surface area contributed by atoms with E-state index in [-0.39, 0.29) is 23.1 Å². The van der Waals surface area contributed by atoms with Gasteiger partial charge in [0.1, 0.15) is 0 Å². The van der Waals surface area contributed by atoms with Crippen LogP contribution in [0.25, 0.3) is 0 Å². The van der Waals surface area contributed by atoms with Crippen molar-refractivity contribution in [3.05, 3.63) is 29.6 Å². The lowest BCUT2D eigenvalue weighted by Gasteiger charge is -2.28. The summed E-state index contributed by atoms with van der Waals surface area (Å²) < 4.78 is 24.0. The molecular weight excluding hydrogens is 233 g/mol. The average molecular weight is 253 g/mol. The summed E-state index contributed by atoms with van der Waals surface area (Å²) in [5.41, 5.74) is 0.900. The van der Waals surface area contributed by atoms with Gasteiger partial charge in [0, 0.05) is 18.2 Å². The second kappa shape index (κ2) is 5.24. The van der Waals surface area contributed by atoms with Gasteiger partial charge in [-0.3, -0.25) is 0 Å². The Bertz CT molecular complexity index is 416. The Morgan fingerprint density at radius 3 is 2.83 bits per heavy atom. The van der Waals surface area contributed by atoms with Crippen LogP contribution in [-0.4, -0.2) is 25.9 Å². The Morgan fingerprint density at radius 2 is 2.28 bits per heavy atom. The number of hydrogen-bond donors (Lipinski definition) is 1. The lowest BCUT2D eigenvalue weighted by atomic mass is 9.98. The van der Waals surface area contributed by atoms with E-state index in [1.165, 1.54) is 13.2 Å². The van der Waals surface area contributed by atoms with Crippen LogP contribution in [0, 0.1) is 5.82 Å². The van der Waals surface area contributed by atoms with E-state index in [1.807, 2.05) is 13.0 Å². The molecule has 100 valence electrons. The molecule has 1 fully saturated rings. The maximum absolute atomic E-state index is 13.6. The second-order valence-corrected chi connectivity index (χ2v) is 5.12. The fraction of sp³-hybridized carbons (Fsp3) is 0.571. The summed E-state index contributed by atoms with van der Waals surface area (Å²) in [6, 6.07) is 5.15. The highest BCUT2D eigenvalue weighted by Crippen LogP contribution is 2.26. The minimum absolute atomic E-state index is 0.0180. The molecule has 1 aromatic rings. The Morgan fingerprint density at radius 1 is 1.50 bits per heavy atom. The first kappa shape index (κ1) is 13.3. The van der Waals surface area contributed by atoms with Crippen LogP contribution in [0.3, 0.4) is 0 Å². The third-order valence-electron chi connectivity index (χ3n) is 3.46. The van der Waals surface area contributed by atoms with Crippen molar-refractivity contribution < 1.29 is 13.9 Å². The Hall–Kier alpha value is -1.13. The average Bonchev–Trinajstić information content (AvgIpc) is 2.75. The molecule has 1 saturated heterocycles. The minimum atomic E-state index is -0.323. The smallest absolute Gasteiger partial charge is 0.165 e. The van der Waals surface area contributed by atoms with Crippen LogP contribution in [0.15, 0.2) is 18.2 Å². The molecule has 1 N–H and O–H groups in total. The maximum atomic E-state index is 13.6. The molecule has 4 heteroatoms. The summed E-state index contributed by atoms with van der Waals surface area (Å²) in [7, 11) is 1.47.